The number of hydrogen-bond acceptors (Lipinski definition) is 2. The van der Waals surface area contributed by atoms with E-state index in [9.17, 15) is 5.11 Å². The molecule has 0 bridgehead atoms. The van der Waals surface area contributed by atoms with E-state index in [-0.39, 0.29) is 24.6 Å². The molecule has 21 heavy (non-hydrogen) atoms. The first-order chi connectivity index (χ1) is 9.75. The van der Waals surface area contributed by atoms with Crippen molar-refractivity contribution in [2.24, 2.45) is 11.7 Å². The maximum atomic E-state index is 10.2. The number of halogens is 1. The van der Waals surface area contributed by atoms with Crippen LogP contribution in [0.2, 0.25) is 0 Å². The molecule has 0 spiro atoms. The lowest BCUT2D eigenvalue weighted by Gasteiger charge is -2.27. The minimum absolute atomic E-state index is 0. The van der Waals surface area contributed by atoms with Gasteiger partial charge >= 0.3 is 0 Å². The molecule has 0 radical (unpaired) electrons. The summed E-state index contributed by atoms with van der Waals surface area (Å²) in [6.07, 6.45) is 10.2. The normalized spacial score (nSPS) is 18.8. The Kier molecular flexibility index (Phi) is 8.98. The van der Waals surface area contributed by atoms with Crippen molar-refractivity contribution in [3.8, 4) is 0 Å². The van der Waals surface area contributed by atoms with Gasteiger partial charge in [-0.15, -0.1) is 12.4 Å². The van der Waals surface area contributed by atoms with Crippen molar-refractivity contribution in [2.45, 2.75) is 69.9 Å². The van der Waals surface area contributed by atoms with Crippen LogP contribution in [0.4, 0.5) is 0 Å². The third-order valence-corrected chi connectivity index (χ3v) is 4.63. The first-order valence-electron chi connectivity index (χ1n) is 8.23. The fraction of sp³-hybridized carbons (Fsp3) is 0.667. The standard InChI is InChI=1S/C18H29NO.ClH/c19-17(14-16-10-5-2-6-11-16)18(20)13-7-12-15-8-3-1-4-9-15;/h1,3-4,8-9,16-18,20H,2,5-7,10-14,19H2;1H. The van der Waals surface area contributed by atoms with Crippen LogP contribution in [0, 0.1) is 5.92 Å². The van der Waals surface area contributed by atoms with Crippen molar-refractivity contribution in [3.05, 3.63) is 35.9 Å². The van der Waals surface area contributed by atoms with Gasteiger partial charge in [-0.3, -0.25) is 0 Å². The third-order valence-electron chi connectivity index (χ3n) is 4.63. The zero-order valence-corrected chi connectivity index (χ0v) is 13.7. The van der Waals surface area contributed by atoms with E-state index in [0.717, 1.165) is 31.6 Å². The zero-order valence-electron chi connectivity index (χ0n) is 12.9. The summed E-state index contributed by atoms with van der Waals surface area (Å²) in [6.45, 7) is 0. The zero-order chi connectivity index (χ0) is 14.2. The SMILES string of the molecule is Cl.NC(CC1CCCCC1)C(O)CCCc1ccccc1. The molecular formula is C18H30ClNO. The molecule has 2 atom stereocenters. The van der Waals surface area contributed by atoms with Gasteiger partial charge in [0.05, 0.1) is 6.10 Å². The molecule has 1 aliphatic carbocycles. The van der Waals surface area contributed by atoms with Crippen molar-refractivity contribution in [3.63, 3.8) is 0 Å². The quantitative estimate of drug-likeness (QED) is 0.796. The van der Waals surface area contributed by atoms with Crippen LogP contribution in [-0.4, -0.2) is 17.3 Å². The molecule has 1 aromatic carbocycles. The molecule has 2 unspecified atom stereocenters. The Labute approximate surface area is 135 Å². The summed E-state index contributed by atoms with van der Waals surface area (Å²) in [5.41, 5.74) is 7.53. The van der Waals surface area contributed by atoms with Crippen molar-refractivity contribution in [1.82, 2.24) is 0 Å². The van der Waals surface area contributed by atoms with Gasteiger partial charge in [0.15, 0.2) is 0 Å². The second-order valence-electron chi connectivity index (χ2n) is 6.35. The Hall–Kier alpha value is -0.570. The lowest BCUT2D eigenvalue weighted by Crippen LogP contribution is -2.36. The molecule has 1 aliphatic rings. The van der Waals surface area contributed by atoms with Gasteiger partial charge in [-0.1, -0.05) is 62.4 Å². The van der Waals surface area contributed by atoms with Crippen LogP contribution >= 0.6 is 12.4 Å². The van der Waals surface area contributed by atoms with Gasteiger partial charge in [-0.05, 0) is 37.2 Å². The number of nitrogens with two attached hydrogens (primary N) is 1. The van der Waals surface area contributed by atoms with E-state index in [4.69, 9.17) is 5.73 Å². The van der Waals surface area contributed by atoms with E-state index in [0.29, 0.717) is 0 Å². The molecule has 2 nitrogen and oxygen atoms in total. The predicted molar refractivity (Wildman–Crippen MR) is 91.8 cm³/mol. The lowest BCUT2D eigenvalue weighted by molar-refractivity contribution is 0.116. The monoisotopic (exact) mass is 311 g/mol. The molecule has 1 saturated carbocycles. The number of benzene rings is 1. The van der Waals surface area contributed by atoms with Gasteiger partial charge < -0.3 is 10.8 Å². The van der Waals surface area contributed by atoms with E-state index in [1.807, 2.05) is 6.07 Å². The topological polar surface area (TPSA) is 46.2 Å². The molecule has 0 amide bonds. The molecule has 1 fully saturated rings. The molecule has 0 aromatic heterocycles. The summed E-state index contributed by atoms with van der Waals surface area (Å²) >= 11 is 0. The van der Waals surface area contributed by atoms with Gasteiger partial charge in [-0.25, -0.2) is 0 Å². The number of aryl methyl sites for hydroxylation is 1. The Balaban J connectivity index is 0.00000220. The molecule has 120 valence electrons. The Morgan fingerprint density at radius 2 is 1.76 bits per heavy atom. The molecule has 3 heteroatoms. The minimum Gasteiger partial charge on any atom is -0.392 e. The Bertz CT molecular complexity index is 365. The second kappa shape index (κ2) is 10.2. The predicted octanol–water partition coefficient (Wildman–Crippen LogP) is 4.09. The summed E-state index contributed by atoms with van der Waals surface area (Å²) in [4.78, 5) is 0. The Morgan fingerprint density at radius 3 is 2.43 bits per heavy atom. The van der Waals surface area contributed by atoms with Crippen LogP contribution in [0.3, 0.4) is 0 Å². The third kappa shape index (κ3) is 6.82. The van der Waals surface area contributed by atoms with Crippen molar-refractivity contribution >= 4 is 12.4 Å². The minimum atomic E-state index is -0.333. The number of aliphatic hydroxyl groups is 1. The van der Waals surface area contributed by atoms with Crippen LogP contribution in [0.1, 0.15) is 56.9 Å². The van der Waals surface area contributed by atoms with E-state index < -0.39 is 0 Å². The van der Waals surface area contributed by atoms with Gasteiger partial charge in [0, 0.05) is 6.04 Å². The fourth-order valence-electron chi connectivity index (χ4n) is 3.34. The van der Waals surface area contributed by atoms with E-state index in [1.165, 1.54) is 37.7 Å². The first kappa shape index (κ1) is 18.5. The lowest BCUT2D eigenvalue weighted by atomic mass is 9.83. The van der Waals surface area contributed by atoms with Crippen LogP contribution in [-0.2, 0) is 6.42 Å². The average molecular weight is 312 g/mol. The molecule has 2 rings (SSSR count). The molecule has 1 aromatic rings. The second-order valence-corrected chi connectivity index (χ2v) is 6.35. The summed E-state index contributed by atoms with van der Waals surface area (Å²) < 4.78 is 0. The smallest absolute Gasteiger partial charge is 0.0691 e. The van der Waals surface area contributed by atoms with E-state index in [1.54, 1.807) is 0 Å². The average Bonchev–Trinajstić information content (AvgIpc) is 2.49. The van der Waals surface area contributed by atoms with Crippen LogP contribution in [0.5, 0.6) is 0 Å². The van der Waals surface area contributed by atoms with Gasteiger partial charge in [-0.2, -0.15) is 0 Å². The molecule has 0 saturated heterocycles. The number of rotatable bonds is 7. The Morgan fingerprint density at radius 1 is 1.10 bits per heavy atom. The fourth-order valence-corrected chi connectivity index (χ4v) is 3.34. The van der Waals surface area contributed by atoms with Crippen LogP contribution in [0.15, 0.2) is 30.3 Å². The maximum Gasteiger partial charge on any atom is 0.0691 e. The van der Waals surface area contributed by atoms with Crippen molar-refractivity contribution < 1.29 is 5.11 Å². The summed E-state index contributed by atoms with van der Waals surface area (Å²) in [5.74, 6) is 0.752. The van der Waals surface area contributed by atoms with Crippen molar-refractivity contribution in [1.29, 1.82) is 0 Å². The maximum absolute atomic E-state index is 10.2. The van der Waals surface area contributed by atoms with Crippen molar-refractivity contribution in [2.75, 3.05) is 0 Å². The summed E-state index contributed by atoms with van der Waals surface area (Å²) in [6, 6.07) is 10.4. The summed E-state index contributed by atoms with van der Waals surface area (Å²) in [7, 11) is 0. The first-order valence-corrected chi connectivity index (χ1v) is 8.23. The highest BCUT2D eigenvalue weighted by Crippen LogP contribution is 2.27. The van der Waals surface area contributed by atoms with E-state index >= 15 is 0 Å². The molecule has 0 aliphatic heterocycles. The van der Waals surface area contributed by atoms with Gasteiger partial charge in [0.2, 0.25) is 0 Å². The highest BCUT2D eigenvalue weighted by molar-refractivity contribution is 5.85. The molecular weight excluding hydrogens is 282 g/mol. The van der Waals surface area contributed by atoms with Crippen LogP contribution in [0.25, 0.3) is 0 Å². The molecule has 0 heterocycles. The largest absolute Gasteiger partial charge is 0.392 e. The van der Waals surface area contributed by atoms with Gasteiger partial charge in [0.1, 0.15) is 0 Å². The highest BCUT2D eigenvalue weighted by atomic mass is 35.5. The number of hydrogen-bond donors (Lipinski definition) is 2. The highest BCUT2D eigenvalue weighted by Gasteiger charge is 2.21. The van der Waals surface area contributed by atoms with Gasteiger partial charge in [0.25, 0.3) is 0 Å². The van der Waals surface area contributed by atoms with Crippen LogP contribution < -0.4 is 5.73 Å². The summed E-state index contributed by atoms with van der Waals surface area (Å²) in [5, 5.41) is 10.2. The van der Waals surface area contributed by atoms with E-state index in [2.05, 4.69) is 24.3 Å². The molecule has 3 N–H and O–H groups in total. The number of aliphatic hydroxyl groups excluding tert-OH is 1.